The molecule has 1 aromatic rings. The minimum Gasteiger partial charge on any atom is -0.399 e. The molecule has 1 heterocycles. The van der Waals surface area contributed by atoms with Gasteiger partial charge in [-0.2, -0.15) is 0 Å². The molecule has 2 N–H and O–H groups in total. The lowest BCUT2D eigenvalue weighted by atomic mass is 9.71. The smallest absolute Gasteiger partial charge is 0.399 e. The van der Waals surface area contributed by atoms with E-state index in [1.165, 1.54) is 0 Å². The van der Waals surface area contributed by atoms with Crippen molar-refractivity contribution in [2.75, 3.05) is 0 Å². The summed E-state index contributed by atoms with van der Waals surface area (Å²) >= 11 is 0. The molecule has 5 heteroatoms. The van der Waals surface area contributed by atoms with E-state index in [4.69, 9.17) is 15.0 Å². The summed E-state index contributed by atoms with van der Waals surface area (Å²) in [6, 6.07) is 2.13. The monoisotopic (exact) mass is 357 g/mol. The van der Waals surface area contributed by atoms with Gasteiger partial charge in [-0.05, 0) is 69.8 Å². The standard InChI is InChI=1S/C20H32BNO2Si/c1-14-16(10-11-25(7,8)9)12-17(13-22)15(2)18(14)21-23-19(3,4)20(5,6)24-21/h12H,13,22H2,1-9H3. The average molecular weight is 357 g/mol. The molecular weight excluding hydrogens is 325 g/mol. The third-order valence-corrected chi connectivity index (χ3v) is 6.17. The van der Waals surface area contributed by atoms with Gasteiger partial charge in [0.15, 0.2) is 0 Å². The molecule has 0 unspecified atom stereocenters. The highest BCUT2D eigenvalue weighted by atomic mass is 28.3. The lowest BCUT2D eigenvalue weighted by Crippen LogP contribution is -2.41. The summed E-state index contributed by atoms with van der Waals surface area (Å²) < 4.78 is 12.6. The molecule has 0 saturated carbocycles. The van der Waals surface area contributed by atoms with Gasteiger partial charge in [-0.25, -0.2) is 0 Å². The number of benzene rings is 1. The highest BCUT2D eigenvalue weighted by Gasteiger charge is 2.52. The first kappa shape index (κ1) is 20.3. The quantitative estimate of drug-likeness (QED) is 0.653. The lowest BCUT2D eigenvalue weighted by molar-refractivity contribution is 0.00578. The van der Waals surface area contributed by atoms with Gasteiger partial charge in [0, 0.05) is 12.1 Å². The van der Waals surface area contributed by atoms with E-state index in [9.17, 15) is 0 Å². The Morgan fingerprint density at radius 3 is 2.00 bits per heavy atom. The largest absolute Gasteiger partial charge is 0.495 e. The van der Waals surface area contributed by atoms with E-state index in [0.717, 1.165) is 27.7 Å². The van der Waals surface area contributed by atoms with Crippen LogP contribution in [0.4, 0.5) is 0 Å². The van der Waals surface area contributed by atoms with Gasteiger partial charge in [0.05, 0.1) is 11.2 Å². The first-order valence-corrected chi connectivity index (χ1v) is 12.5. The molecule has 25 heavy (non-hydrogen) atoms. The average Bonchev–Trinajstić information content (AvgIpc) is 2.65. The molecule has 1 aromatic carbocycles. The van der Waals surface area contributed by atoms with Crippen molar-refractivity contribution >= 4 is 20.7 Å². The number of hydrogen-bond acceptors (Lipinski definition) is 3. The second-order valence-corrected chi connectivity index (χ2v) is 13.8. The van der Waals surface area contributed by atoms with Crippen LogP contribution in [0.3, 0.4) is 0 Å². The normalized spacial score (nSPS) is 18.9. The zero-order valence-electron chi connectivity index (χ0n) is 17.3. The van der Waals surface area contributed by atoms with Crippen LogP contribution in [0, 0.1) is 25.3 Å². The van der Waals surface area contributed by atoms with Crippen LogP contribution in [0.2, 0.25) is 19.6 Å². The SMILES string of the molecule is Cc1c(C#C[Si](C)(C)C)cc(CN)c(C)c1B1OC(C)(C)C(C)(C)O1. The molecule has 1 fully saturated rings. The van der Waals surface area contributed by atoms with Crippen molar-refractivity contribution in [3.05, 3.63) is 28.3 Å². The Bertz CT molecular complexity index is 723. The van der Waals surface area contributed by atoms with Gasteiger partial charge in [-0.1, -0.05) is 25.6 Å². The van der Waals surface area contributed by atoms with E-state index >= 15 is 0 Å². The molecule has 0 spiro atoms. The molecule has 1 aliphatic heterocycles. The molecule has 0 aromatic heterocycles. The van der Waals surface area contributed by atoms with Gasteiger partial charge in [0.25, 0.3) is 0 Å². The van der Waals surface area contributed by atoms with Crippen molar-refractivity contribution in [1.82, 2.24) is 0 Å². The van der Waals surface area contributed by atoms with Crippen LogP contribution in [-0.4, -0.2) is 26.4 Å². The summed E-state index contributed by atoms with van der Waals surface area (Å²) in [7, 11) is -1.84. The summed E-state index contributed by atoms with van der Waals surface area (Å²) in [6.07, 6.45) is 0. The van der Waals surface area contributed by atoms with Crippen molar-refractivity contribution in [1.29, 1.82) is 0 Å². The van der Waals surface area contributed by atoms with Crippen LogP contribution in [0.1, 0.15) is 49.9 Å². The van der Waals surface area contributed by atoms with Gasteiger partial charge in [0.2, 0.25) is 0 Å². The predicted octanol–water partition coefficient (Wildman–Crippen LogP) is 3.29. The van der Waals surface area contributed by atoms with Crippen molar-refractivity contribution in [2.24, 2.45) is 5.73 Å². The van der Waals surface area contributed by atoms with Gasteiger partial charge in [-0.15, -0.1) is 5.54 Å². The van der Waals surface area contributed by atoms with E-state index in [1.54, 1.807) is 0 Å². The Labute approximate surface area is 154 Å². The summed E-state index contributed by atoms with van der Waals surface area (Å²) in [5.74, 6) is 3.41. The first-order chi connectivity index (χ1) is 11.3. The fraction of sp³-hybridized carbons (Fsp3) is 0.600. The number of hydrogen-bond donors (Lipinski definition) is 1. The third kappa shape index (κ3) is 4.03. The zero-order valence-corrected chi connectivity index (χ0v) is 18.3. The maximum atomic E-state index is 6.31. The van der Waals surface area contributed by atoms with Gasteiger partial charge < -0.3 is 15.0 Å². The van der Waals surface area contributed by atoms with E-state index in [-0.39, 0.29) is 18.3 Å². The maximum Gasteiger partial charge on any atom is 0.495 e. The van der Waals surface area contributed by atoms with Crippen molar-refractivity contribution in [2.45, 2.75) is 78.9 Å². The molecule has 0 aliphatic carbocycles. The molecular formula is C20H32BNO2Si. The highest BCUT2D eigenvalue weighted by Crippen LogP contribution is 2.37. The van der Waals surface area contributed by atoms with Crippen LogP contribution in [0.15, 0.2) is 6.07 Å². The van der Waals surface area contributed by atoms with Crippen LogP contribution < -0.4 is 11.2 Å². The number of nitrogens with two attached hydrogens (primary N) is 1. The van der Waals surface area contributed by atoms with Crippen LogP contribution in [0.5, 0.6) is 0 Å². The highest BCUT2D eigenvalue weighted by molar-refractivity contribution is 6.83. The summed E-state index contributed by atoms with van der Waals surface area (Å²) in [4.78, 5) is 0. The van der Waals surface area contributed by atoms with E-state index in [2.05, 4.69) is 78.7 Å². The Kier molecular flexibility index (Phi) is 5.34. The molecule has 1 saturated heterocycles. The Hall–Kier alpha value is -1.06. The van der Waals surface area contributed by atoms with Crippen LogP contribution in [0.25, 0.3) is 0 Å². The van der Waals surface area contributed by atoms with E-state index in [0.29, 0.717) is 6.54 Å². The molecule has 136 valence electrons. The van der Waals surface area contributed by atoms with Crippen molar-refractivity contribution in [3.63, 3.8) is 0 Å². The summed E-state index contributed by atoms with van der Waals surface area (Å²) in [6.45, 7) is 19.8. The fourth-order valence-electron chi connectivity index (χ4n) is 2.90. The third-order valence-electron chi connectivity index (χ3n) is 5.29. The van der Waals surface area contributed by atoms with Crippen LogP contribution >= 0.6 is 0 Å². The maximum absolute atomic E-state index is 6.31. The molecule has 0 radical (unpaired) electrons. The predicted molar refractivity (Wildman–Crippen MR) is 110 cm³/mol. The molecule has 0 atom stereocenters. The van der Waals surface area contributed by atoms with Crippen molar-refractivity contribution in [3.8, 4) is 11.5 Å². The minimum absolute atomic E-state index is 0.362. The van der Waals surface area contributed by atoms with E-state index in [1.807, 2.05) is 0 Å². The topological polar surface area (TPSA) is 44.5 Å². The fourth-order valence-corrected chi connectivity index (χ4v) is 3.41. The molecule has 1 aliphatic rings. The summed E-state index contributed by atoms with van der Waals surface area (Å²) in [5, 5.41) is 0. The molecule has 3 nitrogen and oxygen atoms in total. The zero-order chi connectivity index (χ0) is 19.2. The van der Waals surface area contributed by atoms with E-state index < -0.39 is 8.07 Å². The molecule has 2 rings (SSSR count). The van der Waals surface area contributed by atoms with Crippen molar-refractivity contribution < 1.29 is 9.31 Å². The van der Waals surface area contributed by atoms with Gasteiger partial charge in [0.1, 0.15) is 8.07 Å². The summed E-state index contributed by atoms with van der Waals surface area (Å²) in [5.41, 5.74) is 14.3. The molecule has 0 amide bonds. The van der Waals surface area contributed by atoms with Crippen LogP contribution in [-0.2, 0) is 15.9 Å². The molecule has 0 bridgehead atoms. The van der Waals surface area contributed by atoms with Gasteiger partial charge in [-0.3, -0.25) is 0 Å². The Balaban J connectivity index is 2.60. The Morgan fingerprint density at radius 2 is 1.56 bits per heavy atom. The van der Waals surface area contributed by atoms with Gasteiger partial charge >= 0.3 is 7.12 Å². The first-order valence-electron chi connectivity index (χ1n) is 9.01. The Morgan fingerprint density at radius 1 is 1.04 bits per heavy atom. The second kappa shape index (κ2) is 6.59. The lowest BCUT2D eigenvalue weighted by Gasteiger charge is -2.32. The second-order valence-electron chi connectivity index (χ2n) is 9.04. The minimum atomic E-state index is -1.45. The number of rotatable bonds is 2.